The van der Waals surface area contributed by atoms with Crippen LogP contribution in [0.1, 0.15) is 27.0 Å². The summed E-state index contributed by atoms with van der Waals surface area (Å²) in [5.74, 6) is 0. The van der Waals surface area contributed by atoms with Crippen molar-refractivity contribution in [3.63, 3.8) is 0 Å². The van der Waals surface area contributed by atoms with Gasteiger partial charge in [0.2, 0.25) is 0 Å². The number of allylic oxidation sites excluding steroid dienone is 1. The summed E-state index contributed by atoms with van der Waals surface area (Å²) in [6.45, 7) is -0.915. The smallest absolute Gasteiger partial charge is 0.150 e. The van der Waals surface area contributed by atoms with E-state index in [1.807, 2.05) is 6.07 Å². The molecule has 112 valence electrons. The zero-order valence-corrected chi connectivity index (χ0v) is 11.9. The minimum Gasteiger partial charge on any atom is -0.298 e. The topological polar surface area (TPSA) is 40.9 Å². The maximum Gasteiger partial charge on any atom is 0.150 e. The number of carbonyl (C=O) groups excluding carboxylic acids is 1. The molecule has 0 radical (unpaired) electrons. The van der Waals surface area contributed by atoms with Gasteiger partial charge in [0, 0.05) is 11.6 Å². The van der Waals surface area contributed by atoms with E-state index in [1.54, 1.807) is 54.6 Å². The van der Waals surface area contributed by atoms with E-state index in [-0.39, 0.29) is 0 Å². The number of rotatable bonds is 4. The summed E-state index contributed by atoms with van der Waals surface area (Å²) in [7, 11) is 0. The van der Waals surface area contributed by atoms with Gasteiger partial charge in [-0.2, -0.15) is 5.26 Å². The summed E-state index contributed by atoms with van der Waals surface area (Å²) < 4.78 is 23.9. The Morgan fingerprint density at radius 2 is 1.32 bits per heavy atom. The minimum atomic E-state index is -0.473. The molecule has 0 N–H and O–H groups in total. The molecule has 0 saturated carbocycles. The van der Waals surface area contributed by atoms with Crippen molar-refractivity contribution in [3.05, 3.63) is 76.9 Å². The minimum absolute atomic E-state index is 0.442. The molecule has 0 spiro atoms. The molecule has 0 heterocycles. The van der Waals surface area contributed by atoms with Crippen LogP contribution >= 0.6 is 0 Å². The van der Waals surface area contributed by atoms with Crippen molar-refractivity contribution in [3.8, 4) is 6.07 Å². The maximum absolute atomic E-state index is 12.0. The Kier molecular flexibility index (Phi) is 7.84. The van der Waals surface area contributed by atoms with E-state index in [1.165, 1.54) is 6.08 Å². The van der Waals surface area contributed by atoms with Crippen LogP contribution in [0.15, 0.2) is 54.6 Å². The second-order valence-electron chi connectivity index (χ2n) is 4.33. The fraction of sp³-hybridized carbons (Fsp3) is 0.111. The number of carbonyl (C=O) groups is 1. The van der Waals surface area contributed by atoms with Crippen molar-refractivity contribution >= 4 is 12.4 Å². The third-order valence-electron chi connectivity index (χ3n) is 2.75. The average molecular weight is 297 g/mol. The molecule has 2 aromatic carbocycles. The highest BCUT2D eigenvalue weighted by atomic mass is 18.2. The number of alkyl halides is 2. The van der Waals surface area contributed by atoms with E-state index >= 15 is 0 Å². The van der Waals surface area contributed by atoms with Gasteiger partial charge in [-0.1, -0.05) is 48.5 Å². The van der Waals surface area contributed by atoms with Crippen molar-refractivity contribution in [2.45, 2.75) is 13.3 Å². The largest absolute Gasteiger partial charge is 0.298 e. The molecular weight excluding hydrogens is 282 g/mol. The van der Waals surface area contributed by atoms with Gasteiger partial charge in [0.05, 0.1) is 6.07 Å². The Hall–Kier alpha value is -2.80. The van der Waals surface area contributed by atoms with Gasteiger partial charge in [0.1, 0.15) is 19.6 Å². The number of nitrogens with zero attached hydrogens (tertiary/aromatic N) is 1. The van der Waals surface area contributed by atoms with Crippen molar-refractivity contribution in [1.29, 1.82) is 5.26 Å². The molecule has 0 amide bonds. The first kappa shape index (κ1) is 17.3. The van der Waals surface area contributed by atoms with Gasteiger partial charge in [0.15, 0.2) is 0 Å². The summed E-state index contributed by atoms with van der Waals surface area (Å²) in [5, 5.41) is 8.23. The number of benzene rings is 2. The third-order valence-corrected chi connectivity index (χ3v) is 2.75. The second kappa shape index (κ2) is 10.0. The Morgan fingerprint density at radius 1 is 0.864 bits per heavy atom. The highest BCUT2D eigenvalue weighted by molar-refractivity contribution is 5.74. The average Bonchev–Trinajstić information content (AvgIpc) is 2.61. The molecule has 0 aliphatic heterocycles. The first-order valence-electron chi connectivity index (χ1n) is 6.54. The van der Waals surface area contributed by atoms with Crippen LogP contribution in [0.4, 0.5) is 8.78 Å². The van der Waals surface area contributed by atoms with Crippen molar-refractivity contribution < 1.29 is 13.6 Å². The number of hydrogen-bond donors (Lipinski definition) is 0. The first-order valence-corrected chi connectivity index (χ1v) is 6.54. The molecule has 2 nitrogen and oxygen atoms in total. The van der Waals surface area contributed by atoms with Gasteiger partial charge in [-0.15, -0.1) is 0 Å². The lowest BCUT2D eigenvalue weighted by Crippen LogP contribution is -1.80. The molecule has 2 aromatic rings. The fourth-order valence-corrected chi connectivity index (χ4v) is 1.54. The van der Waals surface area contributed by atoms with Gasteiger partial charge >= 0.3 is 0 Å². The maximum atomic E-state index is 12.0. The van der Waals surface area contributed by atoms with E-state index in [0.717, 1.165) is 11.8 Å². The summed E-state index contributed by atoms with van der Waals surface area (Å²) in [6, 6.07) is 15.3. The lowest BCUT2D eigenvalue weighted by molar-refractivity contribution is 0.112. The van der Waals surface area contributed by atoms with Crippen LogP contribution in [0.25, 0.3) is 6.08 Å². The molecule has 0 unspecified atom stereocenters. The number of hydrogen-bond acceptors (Lipinski definition) is 2. The molecule has 0 bridgehead atoms. The van der Waals surface area contributed by atoms with E-state index in [4.69, 9.17) is 5.26 Å². The second-order valence-corrected chi connectivity index (χ2v) is 4.33. The number of nitriles is 1. The summed E-state index contributed by atoms with van der Waals surface area (Å²) in [5.41, 5.74) is 2.75. The molecule has 22 heavy (non-hydrogen) atoms. The molecule has 0 fully saturated rings. The molecule has 0 aromatic heterocycles. The van der Waals surface area contributed by atoms with Crippen LogP contribution in [0.5, 0.6) is 0 Å². The normalized spacial score (nSPS) is 9.68. The highest BCUT2D eigenvalue weighted by Gasteiger charge is 1.90. The molecule has 0 aliphatic rings. The highest BCUT2D eigenvalue weighted by Crippen LogP contribution is 2.06. The Bertz CT molecular complexity index is 640. The quantitative estimate of drug-likeness (QED) is 0.608. The third kappa shape index (κ3) is 6.10. The van der Waals surface area contributed by atoms with Gasteiger partial charge in [0.25, 0.3) is 0 Å². The zero-order chi connectivity index (χ0) is 16.2. The summed E-state index contributed by atoms with van der Waals surface area (Å²) in [4.78, 5) is 10.1. The van der Waals surface area contributed by atoms with E-state index in [2.05, 4.69) is 0 Å². The monoisotopic (exact) mass is 297 g/mol. The van der Waals surface area contributed by atoms with E-state index in [9.17, 15) is 13.6 Å². The van der Waals surface area contributed by atoms with Crippen molar-refractivity contribution in [2.75, 3.05) is 0 Å². The Balaban J connectivity index is 0.000000224. The zero-order valence-electron chi connectivity index (χ0n) is 11.9. The Morgan fingerprint density at radius 3 is 1.68 bits per heavy atom. The molecule has 0 saturated heterocycles. The summed E-state index contributed by atoms with van der Waals surface area (Å²) >= 11 is 0. The van der Waals surface area contributed by atoms with Crippen LogP contribution in [-0.2, 0) is 13.3 Å². The SMILES string of the molecule is N#CC=Cc1ccc(C[18F])cc1.O=Cc1ccc(C[18F])cc1. The standard InChI is InChI=1S/C10H8FN.C8H7FO/c11-8-10-5-3-9(4-6-10)2-1-7-12;9-5-7-1-3-8(6-10)4-2-7/h1-6H,8H2;1-4,6H,5H2/i11-1;9-1. The lowest BCUT2D eigenvalue weighted by atomic mass is 10.1. The van der Waals surface area contributed by atoms with Crippen LogP contribution in [-0.4, -0.2) is 6.29 Å². The predicted octanol–water partition coefficient (Wildman–Crippen LogP) is 4.66. The van der Waals surface area contributed by atoms with E-state index in [0.29, 0.717) is 16.7 Å². The van der Waals surface area contributed by atoms with Crippen LogP contribution in [0, 0.1) is 11.3 Å². The molecule has 2 rings (SSSR count). The van der Waals surface area contributed by atoms with Crippen LogP contribution < -0.4 is 0 Å². The molecule has 0 atom stereocenters. The van der Waals surface area contributed by atoms with Crippen molar-refractivity contribution in [2.24, 2.45) is 0 Å². The number of halogens is 2. The van der Waals surface area contributed by atoms with Crippen LogP contribution in [0.3, 0.4) is 0 Å². The summed E-state index contributed by atoms with van der Waals surface area (Å²) in [6.07, 6.45) is 3.81. The molecule has 0 aliphatic carbocycles. The van der Waals surface area contributed by atoms with E-state index < -0.39 is 13.3 Å². The predicted molar refractivity (Wildman–Crippen MR) is 82.5 cm³/mol. The van der Waals surface area contributed by atoms with Crippen molar-refractivity contribution in [1.82, 2.24) is 0 Å². The van der Waals surface area contributed by atoms with Gasteiger partial charge in [-0.3, -0.25) is 4.79 Å². The van der Waals surface area contributed by atoms with Gasteiger partial charge in [-0.05, 0) is 22.8 Å². The Labute approximate surface area is 128 Å². The molecule has 4 heteroatoms. The fourth-order valence-electron chi connectivity index (χ4n) is 1.54. The van der Waals surface area contributed by atoms with Gasteiger partial charge in [-0.25, -0.2) is 8.78 Å². The van der Waals surface area contributed by atoms with Gasteiger partial charge < -0.3 is 0 Å². The van der Waals surface area contributed by atoms with Crippen LogP contribution in [0.2, 0.25) is 0 Å². The lowest BCUT2D eigenvalue weighted by Gasteiger charge is -1.94. The number of aldehydes is 1. The first-order chi connectivity index (χ1) is 10.7. The molecular formula is C18H15F2NO.